The van der Waals surface area contributed by atoms with Crippen molar-refractivity contribution < 1.29 is 4.74 Å². The molecule has 0 saturated carbocycles. The Balaban J connectivity index is 2.80. The van der Waals surface area contributed by atoms with Gasteiger partial charge in [0, 0.05) is 17.1 Å². The molecule has 2 nitrogen and oxygen atoms in total. The van der Waals surface area contributed by atoms with Gasteiger partial charge in [0.15, 0.2) is 0 Å². The number of benzene rings is 1. The first-order valence-electron chi connectivity index (χ1n) is 5.86. The number of hydrogen-bond acceptors (Lipinski definition) is 2. The SMILES string of the molecule is CCOc1c(Cl)cc(Cl)cc1CNCC(C)C. The molecule has 0 aliphatic rings. The summed E-state index contributed by atoms with van der Waals surface area (Å²) >= 11 is 12.1. The van der Waals surface area contributed by atoms with E-state index in [0.717, 1.165) is 17.9 Å². The molecule has 0 aliphatic carbocycles. The van der Waals surface area contributed by atoms with Crippen LogP contribution in [0.4, 0.5) is 0 Å². The van der Waals surface area contributed by atoms with Crippen LogP contribution in [0.1, 0.15) is 26.3 Å². The Morgan fingerprint density at radius 2 is 2.00 bits per heavy atom. The summed E-state index contributed by atoms with van der Waals surface area (Å²) in [5.41, 5.74) is 1.00. The van der Waals surface area contributed by atoms with E-state index in [-0.39, 0.29) is 0 Å². The zero-order valence-corrected chi connectivity index (χ0v) is 12.0. The largest absolute Gasteiger partial charge is 0.492 e. The van der Waals surface area contributed by atoms with Crippen LogP contribution in [0.3, 0.4) is 0 Å². The van der Waals surface area contributed by atoms with Crippen LogP contribution in [0.15, 0.2) is 12.1 Å². The van der Waals surface area contributed by atoms with Crippen molar-refractivity contribution >= 4 is 23.2 Å². The van der Waals surface area contributed by atoms with Crippen LogP contribution < -0.4 is 10.1 Å². The first-order valence-corrected chi connectivity index (χ1v) is 6.61. The van der Waals surface area contributed by atoms with E-state index >= 15 is 0 Å². The molecule has 4 heteroatoms. The molecule has 0 fully saturated rings. The fourth-order valence-electron chi connectivity index (χ4n) is 1.55. The summed E-state index contributed by atoms with van der Waals surface area (Å²) in [4.78, 5) is 0. The van der Waals surface area contributed by atoms with Crippen molar-refractivity contribution in [1.29, 1.82) is 0 Å². The second kappa shape index (κ2) is 7.10. The monoisotopic (exact) mass is 275 g/mol. The van der Waals surface area contributed by atoms with Crippen molar-refractivity contribution in [3.8, 4) is 5.75 Å². The van der Waals surface area contributed by atoms with Gasteiger partial charge in [-0.05, 0) is 31.5 Å². The van der Waals surface area contributed by atoms with Crippen LogP contribution in [-0.2, 0) is 6.54 Å². The maximum atomic E-state index is 6.12. The van der Waals surface area contributed by atoms with Crippen molar-refractivity contribution in [2.75, 3.05) is 13.2 Å². The highest BCUT2D eigenvalue weighted by Crippen LogP contribution is 2.32. The lowest BCUT2D eigenvalue weighted by Crippen LogP contribution is -2.19. The Hall–Kier alpha value is -0.440. The molecular formula is C13H19Cl2NO. The molecule has 0 saturated heterocycles. The van der Waals surface area contributed by atoms with Crippen LogP contribution in [0, 0.1) is 5.92 Å². The molecule has 0 spiro atoms. The van der Waals surface area contributed by atoms with Gasteiger partial charge >= 0.3 is 0 Å². The third-order valence-corrected chi connectivity index (χ3v) is 2.74. The standard InChI is InChI=1S/C13H19Cl2NO/c1-4-17-13-10(8-16-7-9(2)3)5-11(14)6-12(13)15/h5-6,9,16H,4,7-8H2,1-3H3. The Morgan fingerprint density at radius 1 is 1.29 bits per heavy atom. The number of ether oxygens (including phenoxy) is 1. The predicted molar refractivity (Wildman–Crippen MR) is 74.2 cm³/mol. The van der Waals surface area contributed by atoms with E-state index in [2.05, 4.69) is 19.2 Å². The molecule has 0 radical (unpaired) electrons. The number of rotatable bonds is 6. The second-order valence-electron chi connectivity index (χ2n) is 4.33. The van der Waals surface area contributed by atoms with Gasteiger partial charge < -0.3 is 10.1 Å². The summed E-state index contributed by atoms with van der Waals surface area (Å²) in [7, 11) is 0. The summed E-state index contributed by atoms with van der Waals surface area (Å²) in [6.07, 6.45) is 0. The van der Waals surface area contributed by atoms with Crippen LogP contribution >= 0.6 is 23.2 Å². The van der Waals surface area contributed by atoms with Gasteiger partial charge in [0.2, 0.25) is 0 Å². The lowest BCUT2D eigenvalue weighted by atomic mass is 10.1. The minimum atomic E-state index is 0.570. The fourth-order valence-corrected chi connectivity index (χ4v) is 2.14. The third-order valence-electron chi connectivity index (χ3n) is 2.24. The van der Waals surface area contributed by atoms with Gasteiger partial charge in [-0.25, -0.2) is 0 Å². The first-order chi connectivity index (χ1) is 8.04. The van der Waals surface area contributed by atoms with E-state index < -0.39 is 0 Å². The average Bonchev–Trinajstić information content (AvgIpc) is 2.22. The molecule has 96 valence electrons. The van der Waals surface area contributed by atoms with E-state index in [1.54, 1.807) is 6.07 Å². The second-order valence-corrected chi connectivity index (χ2v) is 5.18. The van der Waals surface area contributed by atoms with E-state index in [4.69, 9.17) is 27.9 Å². The van der Waals surface area contributed by atoms with E-state index in [1.165, 1.54) is 0 Å². The minimum absolute atomic E-state index is 0.570. The number of nitrogens with one attached hydrogen (secondary N) is 1. The molecule has 1 N–H and O–H groups in total. The minimum Gasteiger partial charge on any atom is -0.492 e. The average molecular weight is 276 g/mol. The molecule has 0 amide bonds. The lowest BCUT2D eigenvalue weighted by Gasteiger charge is -2.14. The van der Waals surface area contributed by atoms with Gasteiger partial charge in [0.1, 0.15) is 5.75 Å². The molecule has 0 atom stereocenters. The van der Waals surface area contributed by atoms with Crippen LogP contribution in [0.25, 0.3) is 0 Å². The Kier molecular flexibility index (Phi) is 6.10. The fraction of sp³-hybridized carbons (Fsp3) is 0.538. The highest BCUT2D eigenvalue weighted by molar-refractivity contribution is 6.35. The van der Waals surface area contributed by atoms with Crippen molar-refractivity contribution in [1.82, 2.24) is 5.32 Å². The Bertz CT molecular complexity index is 367. The molecule has 0 aromatic heterocycles. The highest BCUT2D eigenvalue weighted by atomic mass is 35.5. The van der Waals surface area contributed by atoms with Crippen molar-refractivity contribution in [3.05, 3.63) is 27.7 Å². The third kappa shape index (κ3) is 4.74. The topological polar surface area (TPSA) is 21.3 Å². The zero-order chi connectivity index (χ0) is 12.8. The van der Waals surface area contributed by atoms with Crippen LogP contribution in [0.2, 0.25) is 10.0 Å². The molecule has 17 heavy (non-hydrogen) atoms. The summed E-state index contributed by atoms with van der Waals surface area (Å²) < 4.78 is 5.55. The molecule has 1 aromatic rings. The molecule has 1 aromatic carbocycles. The van der Waals surface area contributed by atoms with Gasteiger partial charge in [0.05, 0.1) is 11.6 Å². The Morgan fingerprint density at radius 3 is 2.59 bits per heavy atom. The summed E-state index contributed by atoms with van der Waals surface area (Å²) in [5, 5.41) is 4.57. The van der Waals surface area contributed by atoms with Crippen molar-refractivity contribution in [2.45, 2.75) is 27.3 Å². The smallest absolute Gasteiger partial charge is 0.142 e. The van der Waals surface area contributed by atoms with Gasteiger partial charge in [-0.15, -0.1) is 0 Å². The molecule has 0 unspecified atom stereocenters. The Labute approximate surface area is 113 Å². The number of halogens is 2. The quantitative estimate of drug-likeness (QED) is 0.843. The summed E-state index contributed by atoms with van der Waals surface area (Å²) in [6.45, 7) is 8.54. The maximum Gasteiger partial charge on any atom is 0.142 e. The molecule has 0 bridgehead atoms. The van der Waals surface area contributed by atoms with Gasteiger partial charge in [0.25, 0.3) is 0 Å². The molecular weight excluding hydrogens is 257 g/mol. The van der Waals surface area contributed by atoms with Gasteiger partial charge in [-0.2, -0.15) is 0 Å². The molecule has 1 rings (SSSR count). The zero-order valence-electron chi connectivity index (χ0n) is 10.5. The predicted octanol–water partition coefficient (Wildman–Crippen LogP) is 4.14. The molecule has 0 aliphatic heterocycles. The first kappa shape index (κ1) is 14.6. The molecule has 0 heterocycles. The van der Waals surface area contributed by atoms with Crippen molar-refractivity contribution in [3.63, 3.8) is 0 Å². The maximum absolute atomic E-state index is 6.12. The summed E-state index contributed by atoms with van der Waals surface area (Å²) in [6, 6.07) is 3.60. The van der Waals surface area contributed by atoms with Crippen LogP contribution in [-0.4, -0.2) is 13.2 Å². The lowest BCUT2D eigenvalue weighted by molar-refractivity contribution is 0.335. The van der Waals surface area contributed by atoms with Gasteiger partial charge in [-0.3, -0.25) is 0 Å². The highest BCUT2D eigenvalue weighted by Gasteiger charge is 2.10. The van der Waals surface area contributed by atoms with Gasteiger partial charge in [-0.1, -0.05) is 37.0 Å². The van der Waals surface area contributed by atoms with Crippen molar-refractivity contribution in [2.24, 2.45) is 5.92 Å². The summed E-state index contributed by atoms with van der Waals surface area (Å²) in [5.74, 6) is 1.34. The van der Waals surface area contributed by atoms with Crippen LogP contribution in [0.5, 0.6) is 5.75 Å². The van der Waals surface area contributed by atoms with E-state index in [1.807, 2.05) is 13.0 Å². The number of hydrogen-bond donors (Lipinski definition) is 1. The normalized spacial score (nSPS) is 10.9. The van der Waals surface area contributed by atoms with E-state index in [0.29, 0.717) is 29.1 Å². The van der Waals surface area contributed by atoms with E-state index in [9.17, 15) is 0 Å².